The summed E-state index contributed by atoms with van der Waals surface area (Å²) >= 11 is 0. The van der Waals surface area contributed by atoms with Gasteiger partial charge in [0.2, 0.25) is 11.6 Å². The highest BCUT2D eigenvalue weighted by Crippen LogP contribution is 2.44. The average molecular weight is 368 g/mol. The Bertz CT molecular complexity index is 1310. The van der Waals surface area contributed by atoms with Crippen molar-refractivity contribution in [3.63, 3.8) is 0 Å². The van der Waals surface area contributed by atoms with Crippen molar-refractivity contribution in [3.05, 3.63) is 76.9 Å². The smallest absolute Gasteiger partial charge is 0.237 e. The standard InChI is InChI=1S/C24H16O4/c1-12-4-3-5-17-16(12)10-11-18-20(17)22(27)21(26)19-13(2)23(28-24(18)19)14-6-8-15(25)9-7-14/h3-11,25H,1-2H3. The SMILES string of the molecule is Cc1c(-c2ccc(O)cc2)oc2c1C(=O)C(=O)c1c-2ccc2c(C)cccc12. The van der Waals surface area contributed by atoms with Crippen LogP contribution in [0.1, 0.15) is 31.8 Å². The molecule has 0 aliphatic heterocycles. The first-order valence-electron chi connectivity index (χ1n) is 9.02. The number of benzene rings is 3. The van der Waals surface area contributed by atoms with E-state index in [1.807, 2.05) is 37.3 Å². The van der Waals surface area contributed by atoms with Gasteiger partial charge in [-0.3, -0.25) is 9.59 Å². The van der Waals surface area contributed by atoms with E-state index in [1.165, 1.54) is 0 Å². The van der Waals surface area contributed by atoms with Gasteiger partial charge < -0.3 is 9.52 Å². The fourth-order valence-corrected chi connectivity index (χ4v) is 4.04. The number of furan rings is 1. The molecule has 0 atom stereocenters. The topological polar surface area (TPSA) is 67.5 Å². The normalized spacial score (nSPS) is 12.9. The van der Waals surface area contributed by atoms with Gasteiger partial charge in [0.25, 0.3) is 0 Å². The third kappa shape index (κ3) is 2.12. The molecule has 1 aliphatic carbocycles. The van der Waals surface area contributed by atoms with Crippen molar-refractivity contribution in [2.75, 3.05) is 0 Å². The first kappa shape index (κ1) is 16.5. The molecule has 0 unspecified atom stereocenters. The van der Waals surface area contributed by atoms with E-state index in [2.05, 4.69) is 0 Å². The quantitative estimate of drug-likeness (QED) is 0.453. The van der Waals surface area contributed by atoms with Crippen LogP contribution in [-0.2, 0) is 0 Å². The molecular weight excluding hydrogens is 352 g/mol. The number of hydrogen-bond donors (Lipinski definition) is 1. The van der Waals surface area contributed by atoms with Gasteiger partial charge in [0.15, 0.2) is 0 Å². The van der Waals surface area contributed by atoms with Gasteiger partial charge in [-0.1, -0.05) is 24.3 Å². The zero-order chi connectivity index (χ0) is 19.6. The number of aromatic hydroxyl groups is 1. The monoisotopic (exact) mass is 368 g/mol. The molecule has 3 aromatic carbocycles. The van der Waals surface area contributed by atoms with Crippen LogP contribution in [0, 0.1) is 13.8 Å². The van der Waals surface area contributed by atoms with Crippen molar-refractivity contribution in [3.8, 4) is 28.4 Å². The van der Waals surface area contributed by atoms with E-state index in [9.17, 15) is 14.7 Å². The molecule has 0 fully saturated rings. The number of ketones is 2. The molecular formula is C24H16O4. The summed E-state index contributed by atoms with van der Waals surface area (Å²) in [6.07, 6.45) is 0. The number of carbonyl (C=O) groups excluding carboxylic acids is 2. The lowest BCUT2D eigenvalue weighted by Crippen LogP contribution is -2.21. The van der Waals surface area contributed by atoms with Crippen molar-refractivity contribution >= 4 is 22.3 Å². The number of aryl methyl sites for hydroxylation is 1. The number of carbonyl (C=O) groups is 2. The van der Waals surface area contributed by atoms with E-state index in [0.717, 1.165) is 21.9 Å². The second-order valence-electron chi connectivity index (χ2n) is 7.12. The molecule has 4 aromatic rings. The number of Topliss-reactive ketones (excluding diaryl/α,β-unsaturated/α-hetero) is 2. The summed E-state index contributed by atoms with van der Waals surface area (Å²) in [7, 11) is 0. The van der Waals surface area contributed by atoms with Crippen LogP contribution in [0.5, 0.6) is 5.75 Å². The number of phenolic OH excluding ortho intramolecular Hbond substituents is 1. The summed E-state index contributed by atoms with van der Waals surface area (Å²) in [5, 5.41) is 11.3. The fraction of sp³-hybridized carbons (Fsp3) is 0.0833. The van der Waals surface area contributed by atoms with Gasteiger partial charge >= 0.3 is 0 Å². The Morgan fingerprint density at radius 2 is 1.46 bits per heavy atom. The maximum atomic E-state index is 13.0. The van der Waals surface area contributed by atoms with Gasteiger partial charge in [-0.15, -0.1) is 0 Å². The molecule has 4 nitrogen and oxygen atoms in total. The first-order valence-corrected chi connectivity index (χ1v) is 9.02. The highest BCUT2D eigenvalue weighted by molar-refractivity contribution is 6.54. The van der Waals surface area contributed by atoms with Crippen molar-refractivity contribution in [2.24, 2.45) is 0 Å². The fourth-order valence-electron chi connectivity index (χ4n) is 4.04. The summed E-state index contributed by atoms with van der Waals surface area (Å²) in [6, 6.07) is 16.1. The zero-order valence-electron chi connectivity index (χ0n) is 15.4. The largest absolute Gasteiger partial charge is 0.508 e. The van der Waals surface area contributed by atoms with Gasteiger partial charge in [0.1, 0.15) is 17.3 Å². The molecule has 0 bridgehead atoms. The van der Waals surface area contributed by atoms with Crippen LogP contribution >= 0.6 is 0 Å². The Morgan fingerprint density at radius 1 is 0.750 bits per heavy atom. The average Bonchev–Trinajstić information content (AvgIpc) is 3.04. The van der Waals surface area contributed by atoms with Crippen LogP contribution in [0.15, 0.2) is 59.0 Å². The van der Waals surface area contributed by atoms with Gasteiger partial charge in [-0.25, -0.2) is 0 Å². The lowest BCUT2D eigenvalue weighted by molar-refractivity contribution is 0.0815. The van der Waals surface area contributed by atoms with E-state index < -0.39 is 11.6 Å². The third-order valence-corrected chi connectivity index (χ3v) is 5.46. The summed E-state index contributed by atoms with van der Waals surface area (Å²) in [5.74, 6) is 0.0747. The van der Waals surface area contributed by atoms with E-state index in [-0.39, 0.29) is 5.75 Å². The van der Waals surface area contributed by atoms with Crippen LogP contribution in [0.4, 0.5) is 0 Å². The molecule has 28 heavy (non-hydrogen) atoms. The second-order valence-corrected chi connectivity index (χ2v) is 7.12. The summed E-state index contributed by atoms with van der Waals surface area (Å²) in [6.45, 7) is 3.77. The molecule has 1 N–H and O–H groups in total. The second kappa shape index (κ2) is 5.67. The Morgan fingerprint density at radius 3 is 2.21 bits per heavy atom. The molecule has 0 amide bonds. The minimum atomic E-state index is -0.539. The van der Waals surface area contributed by atoms with Crippen molar-refractivity contribution in [2.45, 2.75) is 13.8 Å². The van der Waals surface area contributed by atoms with Gasteiger partial charge in [-0.2, -0.15) is 0 Å². The van der Waals surface area contributed by atoms with E-state index >= 15 is 0 Å². The number of rotatable bonds is 1. The molecule has 5 rings (SSSR count). The van der Waals surface area contributed by atoms with Crippen LogP contribution in [0.2, 0.25) is 0 Å². The minimum absolute atomic E-state index is 0.149. The van der Waals surface area contributed by atoms with Gasteiger partial charge in [-0.05, 0) is 60.5 Å². The Balaban J connectivity index is 1.83. The van der Waals surface area contributed by atoms with E-state index in [4.69, 9.17) is 4.42 Å². The number of phenols is 1. The highest BCUT2D eigenvalue weighted by Gasteiger charge is 2.37. The van der Waals surface area contributed by atoms with Crippen LogP contribution in [0.3, 0.4) is 0 Å². The molecule has 1 heterocycles. The molecule has 0 spiro atoms. The summed E-state index contributed by atoms with van der Waals surface area (Å²) < 4.78 is 6.13. The lowest BCUT2D eigenvalue weighted by Gasteiger charge is -2.16. The van der Waals surface area contributed by atoms with Crippen LogP contribution < -0.4 is 0 Å². The van der Waals surface area contributed by atoms with Gasteiger partial charge in [0, 0.05) is 22.3 Å². The third-order valence-electron chi connectivity index (χ3n) is 5.46. The predicted molar refractivity (Wildman–Crippen MR) is 107 cm³/mol. The predicted octanol–water partition coefficient (Wildman–Crippen LogP) is 5.47. The molecule has 0 radical (unpaired) electrons. The van der Waals surface area contributed by atoms with Crippen molar-refractivity contribution in [1.29, 1.82) is 0 Å². The van der Waals surface area contributed by atoms with Crippen molar-refractivity contribution < 1.29 is 19.1 Å². The van der Waals surface area contributed by atoms with Crippen molar-refractivity contribution in [1.82, 2.24) is 0 Å². The maximum absolute atomic E-state index is 13.0. The molecule has 136 valence electrons. The minimum Gasteiger partial charge on any atom is -0.508 e. The molecule has 1 aliphatic rings. The van der Waals surface area contributed by atoms with Crippen LogP contribution in [0.25, 0.3) is 33.4 Å². The Hall–Kier alpha value is -3.66. The number of hydrogen-bond acceptors (Lipinski definition) is 4. The molecule has 1 aromatic heterocycles. The Labute approximate surface area is 161 Å². The first-order chi connectivity index (χ1) is 13.5. The summed E-state index contributed by atoms with van der Waals surface area (Å²) in [4.78, 5) is 26.0. The summed E-state index contributed by atoms with van der Waals surface area (Å²) in [5.41, 5.74) is 3.80. The molecule has 0 saturated heterocycles. The molecule has 4 heteroatoms. The van der Waals surface area contributed by atoms with E-state index in [0.29, 0.717) is 33.8 Å². The maximum Gasteiger partial charge on any atom is 0.237 e. The molecule has 0 saturated carbocycles. The highest BCUT2D eigenvalue weighted by atomic mass is 16.3. The number of fused-ring (bicyclic) bond motifs is 5. The Kier molecular flexibility index (Phi) is 3.34. The zero-order valence-corrected chi connectivity index (χ0v) is 15.4. The van der Waals surface area contributed by atoms with E-state index in [1.54, 1.807) is 31.2 Å². The van der Waals surface area contributed by atoms with Gasteiger partial charge in [0.05, 0.1) is 5.56 Å². The van der Waals surface area contributed by atoms with Crippen LogP contribution in [-0.4, -0.2) is 16.7 Å². The lowest BCUT2D eigenvalue weighted by atomic mass is 9.83.